The van der Waals surface area contributed by atoms with Crippen LogP contribution in [0.2, 0.25) is 0 Å². The summed E-state index contributed by atoms with van der Waals surface area (Å²) in [6, 6.07) is 6.13. The average Bonchev–Trinajstić information content (AvgIpc) is 2.83. The molecule has 2 rings (SSSR count). The first-order valence-electron chi connectivity index (χ1n) is 6.10. The maximum atomic E-state index is 13.4. The summed E-state index contributed by atoms with van der Waals surface area (Å²) >= 11 is 3.43. The topological polar surface area (TPSA) is 55.9 Å². The van der Waals surface area contributed by atoms with Crippen LogP contribution in [0.4, 0.5) is 4.39 Å². The van der Waals surface area contributed by atoms with Crippen molar-refractivity contribution in [2.45, 2.75) is 25.9 Å². The maximum Gasteiger partial charge on any atom is 0.123 e. The van der Waals surface area contributed by atoms with Gasteiger partial charge < -0.3 is 0 Å². The quantitative estimate of drug-likeness (QED) is 0.656. The predicted molar refractivity (Wildman–Crippen MR) is 75.8 cm³/mol. The summed E-state index contributed by atoms with van der Waals surface area (Å²) in [7, 11) is 0. The largest absolute Gasteiger partial charge is 0.271 e. The normalized spacial score (nSPS) is 12.6. The van der Waals surface area contributed by atoms with Crippen molar-refractivity contribution in [1.82, 2.24) is 15.2 Å². The van der Waals surface area contributed by atoms with Gasteiger partial charge in [0.2, 0.25) is 0 Å². The zero-order valence-electron chi connectivity index (χ0n) is 10.6. The molecule has 1 aromatic carbocycles. The van der Waals surface area contributed by atoms with Gasteiger partial charge in [0.15, 0.2) is 0 Å². The second-order valence-corrected chi connectivity index (χ2v) is 5.10. The molecule has 1 unspecified atom stereocenters. The van der Waals surface area contributed by atoms with Crippen LogP contribution in [0.1, 0.15) is 30.6 Å². The van der Waals surface area contributed by atoms with Gasteiger partial charge in [0.05, 0.1) is 11.7 Å². The zero-order valence-corrected chi connectivity index (χ0v) is 12.2. The van der Waals surface area contributed by atoms with Crippen LogP contribution in [0, 0.1) is 5.82 Å². The van der Waals surface area contributed by atoms with E-state index in [4.69, 9.17) is 5.84 Å². The molecule has 0 spiro atoms. The van der Waals surface area contributed by atoms with Gasteiger partial charge in [-0.05, 0) is 36.2 Å². The van der Waals surface area contributed by atoms with E-state index in [1.807, 2.05) is 10.7 Å². The summed E-state index contributed by atoms with van der Waals surface area (Å²) in [4.78, 5) is 0. The van der Waals surface area contributed by atoms with Crippen molar-refractivity contribution in [3.8, 4) is 0 Å². The highest BCUT2D eigenvalue weighted by atomic mass is 79.9. The summed E-state index contributed by atoms with van der Waals surface area (Å²) < 4.78 is 16.1. The molecule has 0 amide bonds. The third kappa shape index (κ3) is 3.02. The van der Waals surface area contributed by atoms with Gasteiger partial charge in [-0.2, -0.15) is 5.10 Å². The molecular formula is C13H16BrFN4. The number of benzene rings is 1. The lowest BCUT2D eigenvalue weighted by Crippen LogP contribution is -2.31. The lowest BCUT2D eigenvalue weighted by molar-refractivity contribution is 0.517. The first-order valence-corrected chi connectivity index (χ1v) is 6.89. The van der Waals surface area contributed by atoms with Crippen LogP contribution in [0.25, 0.3) is 0 Å². The van der Waals surface area contributed by atoms with E-state index in [2.05, 4.69) is 33.4 Å². The Hall–Kier alpha value is -1.24. The first kappa shape index (κ1) is 14.2. The second-order valence-electron chi connectivity index (χ2n) is 4.24. The lowest BCUT2D eigenvalue weighted by atomic mass is 10.0. The fraction of sp³-hybridized carbons (Fsp3) is 0.308. The highest BCUT2D eigenvalue weighted by Gasteiger charge is 2.19. The molecule has 1 aromatic heterocycles. The number of nitrogens with two attached hydrogens (primary N) is 1. The molecule has 102 valence electrons. The van der Waals surface area contributed by atoms with Gasteiger partial charge in [-0.3, -0.25) is 10.5 Å². The molecule has 0 aliphatic heterocycles. The average molecular weight is 327 g/mol. The Bertz CT molecular complexity index is 555. The molecule has 6 heteroatoms. The van der Waals surface area contributed by atoms with Crippen molar-refractivity contribution >= 4 is 15.9 Å². The van der Waals surface area contributed by atoms with E-state index in [-0.39, 0.29) is 11.9 Å². The maximum absolute atomic E-state index is 13.4. The number of rotatable bonds is 5. The van der Waals surface area contributed by atoms with Crippen molar-refractivity contribution in [3.63, 3.8) is 0 Å². The SMILES string of the molecule is CCCn1nccc1C(NN)c1cc(F)ccc1Br. The Morgan fingerprint density at radius 1 is 1.47 bits per heavy atom. The molecule has 0 saturated heterocycles. The highest BCUT2D eigenvalue weighted by Crippen LogP contribution is 2.28. The number of hydrazine groups is 1. The number of hydrogen-bond donors (Lipinski definition) is 2. The number of aromatic nitrogens is 2. The fourth-order valence-corrected chi connectivity index (χ4v) is 2.53. The van der Waals surface area contributed by atoms with Crippen molar-refractivity contribution < 1.29 is 4.39 Å². The summed E-state index contributed by atoms with van der Waals surface area (Å²) in [6.07, 6.45) is 2.69. The van der Waals surface area contributed by atoms with Crippen LogP contribution < -0.4 is 11.3 Å². The molecular weight excluding hydrogens is 311 g/mol. The second kappa shape index (κ2) is 6.27. The molecule has 0 fully saturated rings. The third-order valence-electron chi connectivity index (χ3n) is 2.92. The van der Waals surface area contributed by atoms with Crippen molar-refractivity contribution in [3.05, 3.63) is 52.0 Å². The molecule has 2 aromatic rings. The van der Waals surface area contributed by atoms with E-state index in [0.717, 1.165) is 28.7 Å². The smallest absolute Gasteiger partial charge is 0.123 e. The van der Waals surface area contributed by atoms with E-state index in [1.165, 1.54) is 12.1 Å². The van der Waals surface area contributed by atoms with Crippen molar-refractivity contribution in [2.75, 3.05) is 0 Å². The molecule has 0 aliphatic rings. The van der Waals surface area contributed by atoms with E-state index in [1.54, 1.807) is 12.3 Å². The van der Waals surface area contributed by atoms with E-state index in [9.17, 15) is 4.39 Å². The summed E-state index contributed by atoms with van der Waals surface area (Å²) in [5, 5.41) is 4.26. The van der Waals surface area contributed by atoms with E-state index in [0.29, 0.717) is 0 Å². The van der Waals surface area contributed by atoms with Gasteiger partial charge in [-0.15, -0.1) is 0 Å². The minimum atomic E-state index is -0.306. The molecule has 0 bridgehead atoms. The number of hydrogen-bond acceptors (Lipinski definition) is 3. The summed E-state index contributed by atoms with van der Waals surface area (Å²) in [6.45, 7) is 2.88. The van der Waals surface area contributed by atoms with Crippen LogP contribution in [0.5, 0.6) is 0 Å². The molecule has 0 saturated carbocycles. The Morgan fingerprint density at radius 2 is 2.26 bits per heavy atom. The van der Waals surface area contributed by atoms with Gasteiger partial charge in [0.25, 0.3) is 0 Å². The van der Waals surface area contributed by atoms with E-state index < -0.39 is 0 Å². The molecule has 19 heavy (non-hydrogen) atoms. The monoisotopic (exact) mass is 326 g/mol. The molecule has 1 atom stereocenters. The molecule has 4 nitrogen and oxygen atoms in total. The number of nitrogens with zero attached hydrogens (tertiary/aromatic N) is 2. The Kier molecular flexibility index (Phi) is 4.68. The number of aryl methyl sites for hydroxylation is 1. The van der Waals surface area contributed by atoms with Crippen LogP contribution >= 0.6 is 15.9 Å². The van der Waals surface area contributed by atoms with Crippen molar-refractivity contribution in [1.29, 1.82) is 0 Å². The van der Waals surface area contributed by atoms with Crippen molar-refractivity contribution in [2.24, 2.45) is 5.84 Å². The highest BCUT2D eigenvalue weighted by molar-refractivity contribution is 9.10. The minimum Gasteiger partial charge on any atom is -0.271 e. The minimum absolute atomic E-state index is 0.292. The summed E-state index contributed by atoms with van der Waals surface area (Å²) in [5.74, 6) is 5.35. The number of nitrogens with one attached hydrogen (secondary N) is 1. The fourth-order valence-electron chi connectivity index (χ4n) is 2.06. The van der Waals surface area contributed by atoms with Gasteiger partial charge >= 0.3 is 0 Å². The van der Waals surface area contributed by atoms with Gasteiger partial charge in [-0.25, -0.2) is 9.82 Å². The lowest BCUT2D eigenvalue weighted by Gasteiger charge is -2.19. The Labute approximate surface area is 119 Å². The first-order chi connectivity index (χ1) is 9.17. The Morgan fingerprint density at radius 3 is 2.95 bits per heavy atom. The van der Waals surface area contributed by atoms with Crippen LogP contribution in [0.15, 0.2) is 34.9 Å². The standard InChI is InChI=1S/C13H16BrFN4/c1-2-7-19-12(5-6-17-19)13(18-16)10-8-9(15)3-4-11(10)14/h3-6,8,13,18H,2,7,16H2,1H3. The number of halogens is 2. The molecule has 1 heterocycles. The molecule has 0 radical (unpaired) electrons. The third-order valence-corrected chi connectivity index (χ3v) is 3.64. The molecule has 0 aliphatic carbocycles. The predicted octanol–water partition coefficient (Wildman–Crippen LogP) is 2.75. The van der Waals surface area contributed by atoms with Gasteiger partial charge in [0.1, 0.15) is 5.82 Å². The van der Waals surface area contributed by atoms with Crippen LogP contribution in [-0.4, -0.2) is 9.78 Å². The van der Waals surface area contributed by atoms with Gasteiger partial charge in [0, 0.05) is 17.2 Å². The van der Waals surface area contributed by atoms with Crippen LogP contribution in [0.3, 0.4) is 0 Å². The van der Waals surface area contributed by atoms with Gasteiger partial charge in [-0.1, -0.05) is 22.9 Å². The van der Waals surface area contributed by atoms with E-state index >= 15 is 0 Å². The Balaban J connectivity index is 2.44. The summed E-state index contributed by atoms with van der Waals surface area (Å²) in [5.41, 5.74) is 4.39. The zero-order chi connectivity index (χ0) is 13.8. The molecule has 3 N–H and O–H groups in total. The van der Waals surface area contributed by atoms with Crippen LogP contribution in [-0.2, 0) is 6.54 Å².